The highest BCUT2D eigenvalue weighted by atomic mass is 16.5. The number of ether oxygens (including phenoxy) is 1. The van der Waals surface area contributed by atoms with E-state index < -0.39 is 0 Å². The zero-order valence-corrected chi connectivity index (χ0v) is 21.2. The molecule has 0 aromatic heterocycles. The number of nitrogens with one attached hydrogen (secondary N) is 2. The summed E-state index contributed by atoms with van der Waals surface area (Å²) in [6, 6.07) is 26.2. The van der Waals surface area contributed by atoms with E-state index in [0.717, 1.165) is 28.9 Å². The number of hydrogen-bond donors (Lipinski definition) is 2. The fraction of sp³-hybridized carbons (Fsp3) is 0.300. The highest BCUT2D eigenvalue weighted by molar-refractivity contribution is 5.83. The summed E-state index contributed by atoms with van der Waals surface area (Å²) < 4.78 is 5.65. The van der Waals surface area contributed by atoms with Crippen molar-refractivity contribution in [1.29, 1.82) is 5.26 Å². The number of nitriles is 1. The molecule has 1 heterocycles. The van der Waals surface area contributed by atoms with E-state index in [1.54, 1.807) is 7.11 Å². The number of carbonyl (C=O) groups excluding carboxylic acids is 2. The first kappa shape index (κ1) is 25.9. The molecule has 0 radical (unpaired) electrons. The Hall–Kier alpha value is -4.15. The SMILES string of the molecule is COc1ccc(-c2ccccc2C#N)cc1CNC1CCN(C(=O)CNC(C)=O)CC1c1ccccc1. The molecular formula is C30H32N4O3. The monoisotopic (exact) mass is 496 g/mol. The summed E-state index contributed by atoms with van der Waals surface area (Å²) >= 11 is 0. The van der Waals surface area contributed by atoms with Crippen molar-refractivity contribution in [3.05, 3.63) is 89.5 Å². The van der Waals surface area contributed by atoms with Crippen molar-refractivity contribution in [2.45, 2.75) is 31.8 Å². The van der Waals surface area contributed by atoms with Crippen LogP contribution in [0.25, 0.3) is 11.1 Å². The van der Waals surface area contributed by atoms with E-state index in [9.17, 15) is 14.9 Å². The van der Waals surface area contributed by atoms with Gasteiger partial charge in [-0.25, -0.2) is 0 Å². The van der Waals surface area contributed by atoms with Gasteiger partial charge in [0.15, 0.2) is 0 Å². The van der Waals surface area contributed by atoms with Crippen LogP contribution in [0.3, 0.4) is 0 Å². The predicted molar refractivity (Wildman–Crippen MR) is 143 cm³/mol. The second-order valence-corrected chi connectivity index (χ2v) is 9.23. The molecule has 7 nitrogen and oxygen atoms in total. The van der Waals surface area contributed by atoms with Crippen LogP contribution in [-0.4, -0.2) is 49.5 Å². The van der Waals surface area contributed by atoms with Gasteiger partial charge < -0.3 is 20.3 Å². The number of nitrogens with zero attached hydrogens (tertiary/aromatic N) is 2. The van der Waals surface area contributed by atoms with Gasteiger partial charge in [0.05, 0.1) is 25.3 Å². The van der Waals surface area contributed by atoms with Crippen LogP contribution in [0.2, 0.25) is 0 Å². The van der Waals surface area contributed by atoms with Crippen LogP contribution in [0.5, 0.6) is 5.75 Å². The fourth-order valence-corrected chi connectivity index (χ4v) is 4.93. The smallest absolute Gasteiger partial charge is 0.241 e. The van der Waals surface area contributed by atoms with Crippen LogP contribution in [0.1, 0.15) is 36.0 Å². The summed E-state index contributed by atoms with van der Waals surface area (Å²) in [6.45, 7) is 3.21. The van der Waals surface area contributed by atoms with Crippen LogP contribution in [0.4, 0.5) is 0 Å². The number of rotatable bonds is 8. The summed E-state index contributed by atoms with van der Waals surface area (Å²) in [5, 5.41) is 15.9. The van der Waals surface area contributed by atoms with Crippen LogP contribution in [0, 0.1) is 11.3 Å². The van der Waals surface area contributed by atoms with E-state index in [1.807, 2.05) is 59.5 Å². The molecule has 0 saturated carbocycles. The van der Waals surface area contributed by atoms with Gasteiger partial charge in [0, 0.05) is 44.1 Å². The summed E-state index contributed by atoms with van der Waals surface area (Å²) in [4.78, 5) is 25.8. The molecular weight excluding hydrogens is 464 g/mol. The molecule has 2 N–H and O–H groups in total. The lowest BCUT2D eigenvalue weighted by molar-refractivity contribution is -0.133. The average Bonchev–Trinajstić information content (AvgIpc) is 2.95. The van der Waals surface area contributed by atoms with Gasteiger partial charge in [-0.15, -0.1) is 0 Å². The van der Waals surface area contributed by atoms with Gasteiger partial charge in [-0.1, -0.05) is 54.6 Å². The number of carbonyl (C=O) groups is 2. The Morgan fingerprint density at radius 3 is 2.57 bits per heavy atom. The molecule has 2 amide bonds. The number of methoxy groups -OCH3 is 1. The molecule has 0 bridgehead atoms. The summed E-state index contributed by atoms with van der Waals surface area (Å²) in [5.74, 6) is 0.604. The molecule has 3 aromatic rings. The summed E-state index contributed by atoms with van der Waals surface area (Å²) in [6.07, 6.45) is 0.782. The third-order valence-electron chi connectivity index (χ3n) is 6.88. The molecule has 7 heteroatoms. The van der Waals surface area contributed by atoms with Gasteiger partial charge in [0.2, 0.25) is 11.8 Å². The molecule has 37 heavy (non-hydrogen) atoms. The molecule has 1 aliphatic rings. The van der Waals surface area contributed by atoms with E-state index in [1.165, 1.54) is 12.5 Å². The van der Waals surface area contributed by atoms with E-state index >= 15 is 0 Å². The Balaban J connectivity index is 1.54. The van der Waals surface area contributed by atoms with Gasteiger partial charge in [-0.3, -0.25) is 9.59 Å². The normalized spacial score (nSPS) is 17.1. The molecule has 190 valence electrons. The van der Waals surface area contributed by atoms with Crippen LogP contribution in [-0.2, 0) is 16.1 Å². The van der Waals surface area contributed by atoms with Gasteiger partial charge >= 0.3 is 0 Å². The van der Waals surface area contributed by atoms with Gasteiger partial charge in [-0.2, -0.15) is 5.26 Å². The van der Waals surface area contributed by atoms with Crippen molar-refractivity contribution >= 4 is 11.8 Å². The second-order valence-electron chi connectivity index (χ2n) is 9.23. The zero-order chi connectivity index (χ0) is 26.2. The molecule has 1 fully saturated rings. The first-order valence-corrected chi connectivity index (χ1v) is 12.5. The minimum absolute atomic E-state index is 0.0170. The Kier molecular flexibility index (Phi) is 8.55. The van der Waals surface area contributed by atoms with Crippen LogP contribution >= 0.6 is 0 Å². The van der Waals surface area contributed by atoms with Gasteiger partial charge in [0.1, 0.15) is 5.75 Å². The number of amides is 2. The Labute approximate surface area is 218 Å². The maximum absolute atomic E-state index is 12.7. The van der Waals surface area contributed by atoms with Crippen LogP contribution in [0.15, 0.2) is 72.8 Å². The Morgan fingerprint density at radius 2 is 1.84 bits per heavy atom. The van der Waals surface area contributed by atoms with Crippen molar-refractivity contribution < 1.29 is 14.3 Å². The van der Waals surface area contributed by atoms with Crippen molar-refractivity contribution in [3.63, 3.8) is 0 Å². The molecule has 4 rings (SSSR count). The number of hydrogen-bond acceptors (Lipinski definition) is 5. The molecule has 1 aliphatic heterocycles. The van der Waals surface area contributed by atoms with Gasteiger partial charge in [0.25, 0.3) is 0 Å². The van der Waals surface area contributed by atoms with Gasteiger partial charge in [-0.05, 0) is 41.3 Å². The predicted octanol–water partition coefficient (Wildman–Crippen LogP) is 3.84. The molecule has 2 atom stereocenters. The highest BCUT2D eigenvalue weighted by Crippen LogP contribution is 2.31. The molecule has 3 aromatic carbocycles. The van der Waals surface area contributed by atoms with E-state index in [4.69, 9.17) is 4.74 Å². The number of piperidine rings is 1. The second kappa shape index (κ2) is 12.2. The first-order valence-electron chi connectivity index (χ1n) is 12.5. The van der Waals surface area contributed by atoms with E-state index in [0.29, 0.717) is 25.2 Å². The molecule has 0 spiro atoms. The number of likely N-dealkylation sites (tertiary alicyclic amines) is 1. The third kappa shape index (κ3) is 6.35. The molecule has 0 aliphatic carbocycles. The first-order chi connectivity index (χ1) is 18.0. The van der Waals surface area contributed by atoms with E-state index in [-0.39, 0.29) is 30.3 Å². The summed E-state index contributed by atoms with van der Waals surface area (Å²) in [7, 11) is 1.66. The minimum atomic E-state index is -0.210. The average molecular weight is 497 g/mol. The lowest BCUT2D eigenvalue weighted by Crippen LogP contribution is -2.51. The lowest BCUT2D eigenvalue weighted by Gasteiger charge is -2.39. The topological polar surface area (TPSA) is 94.5 Å². The summed E-state index contributed by atoms with van der Waals surface area (Å²) in [5.41, 5.74) is 4.66. The van der Waals surface area contributed by atoms with Crippen molar-refractivity contribution in [1.82, 2.24) is 15.5 Å². The maximum Gasteiger partial charge on any atom is 0.241 e. The van der Waals surface area contributed by atoms with Crippen molar-refractivity contribution in [3.8, 4) is 22.9 Å². The van der Waals surface area contributed by atoms with Crippen LogP contribution < -0.4 is 15.4 Å². The molecule has 2 unspecified atom stereocenters. The molecule has 1 saturated heterocycles. The fourth-order valence-electron chi connectivity index (χ4n) is 4.93. The highest BCUT2D eigenvalue weighted by Gasteiger charge is 2.32. The lowest BCUT2D eigenvalue weighted by atomic mass is 9.85. The standard InChI is InChI=1S/C30H32N4O3/c1-21(35)32-19-30(36)34-15-14-28(27(20-34)22-8-4-3-5-9-22)33-18-25-16-23(12-13-29(25)37-2)26-11-7-6-10-24(26)17-31/h3-13,16,27-28,33H,14-15,18-20H2,1-2H3,(H,32,35). The largest absolute Gasteiger partial charge is 0.496 e. The maximum atomic E-state index is 12.7. The third-order valence-corrected chi connectivity index (χ3v) is 6.88. The quantitative estimate of drug-likeness (QED) is 0.494. The Morgan fingerprint density at radius 1 is 1.08 bits per heavy atom. The van der Waals surface area contributed by atoms with E-state index in [2.05, 4.69) is 34.9 Å². The van der Waals surface area contributed by atoms with Crippen molar-refractivity contribution in [2.75, 3.05) is 26.7 Å². The zero-order valence-electron chi connectivity index (χ0n) is 21.2. The minimum Gasteiger partial charge on any atom is -0.496 e. The van der Waals surface area contributed by atoms with Crippen molar-refractivity contribution in [2.24, 2.45) is 0 Å². The Bertz CT molecular complexity index is 1290. The number of benzene rings is 3.